The van der Waals surface area contributed by atoms with E-state index < -0.39 is 0 Å². The largest absolute Gasteiger partial charge is 0.338 e. The summed E-state index contributed by atoms with van der Waals surface area (Å²) in [6.07, 6.45) is 4.70. The molecule has 0 radical (unpaired) electrons. The van der Waals surface area contributed by atoms with Gasteiger partial charge in [-0.25, -0.2) is 0 Å². The van der Waals surface area contributed by atoms with Gasteiger partial charge in [-0.15, -0.1) is 0 Å². The zero-order chi connectivity index (χ0) is 17.1. The van der Waals surface area contributed by atoms with Crippen LogP contribution in [0.2, 0.25) is 0 Å². The Kier molecular flexibility index (Phi) is 4.95. The minimum Gasteiger partial charge on any atom is -0.338 e. The van der Waals surface area contributed by atoms with Crippen molar-refractivity contribution in [2.45, 2.75) is 31.8 Å². The molecule has 0 saturated carbocycles. The van der Waals surface area contributed by atoms with E-state index in [0.29, 0.717) is 5.56 Å². The number of aryl methyl sites for hydroxylation is 1. The lowest BCUT2D eigenvalue weighted by atomic mass is 9.87. The molecule has 1 aliphatic rings. The van der Waals surface area contributed by atoms with Crippen molar-refractivity contribution >= 4 is 5.91 Å². The number of pyridine rings is 1. The van der Waals surface area contributed by atoms with Gasteiger partial charge in [0.15, 0.2) is 0 Å². The Balaban J connectivity index is 1.69. The third-order valence-electron chi connectivity index (χ3n) is 4.74. The van der Waals surface area contributed by atoms with Crippen LogP contribution >= 0.6 is 0 Å². The smallest absolute Gasteiger partial charge is 0.255 e. The maximum Gasteiger partial charge on any atom is 0.255 e. The summed E-state index contributed by atoms with van der Waals surface area (Å²) in [5.74, 6) is 0.0586. The molecule has 0 spiro atoms. The first kappa shape index (κ1) is 16.7. The maximum atomic E-state index is 12.8. The van der Waals surface area contributed by atoms with Gasteiger partial charge in [-0.2, -0.15) is 0 Å². The fourth-order valence-corrected chi connectivity index (χ4v) is 3.35. The molecule has 4 nitrogen and oxygen atoms in total. The molecule has 1 aromatic carbocycles. The topological polar surface area (TPSA) is 36.4 Å². The summed E-state index contributed by atoms with van der Waals surface area (Å²) >= 11 is 0. The van der Waals surface area contributed by atoms with Gasteiger partial charge < -0.3 is 9.80 Å². The van der Waals surface area contributed by atoms with Gasteiger partial charge in [0, 0.05) is 25.8 Å². The van der Waals surface area contributed by atoms with Crippen LogP contribution in [0.4, 0.5) is 0 Å². The number of amides is 1. The quantitative estimate of drug-likeness (QED) is 0.868. The highest BCUT2D eigenvalue weighted by Gasteiger charge is 2.25. The van der Waals surface area contributed by atoms with Crippen LogP contribution in [0.3, 0.4) is 0 Å². The van der Waals surface area contributed by atoms with Gasteiger partial charge >= 0.3 is 0 Å². The van der Waals surface area contributed by atoms with Gasteiger partial charge in [0.25, 0.3) is 5.91 Å². The Labute approximate surface area is 144 Å². The van der Waals surface area contributed by atoms with E-state index in [1.807, 2.05) is 38.2 Å². The SMILES string of the molecule is CN(C)Cc1ccc(C(=O)N(C)C2CCc3ccccc3C2)cn1. The van der Waals surface area contributed by atoms with Crippen LogP contribution in [-0.2, 0) is 19.4 Å². The summed E-state index contributed by atoms with van der Waals surface area (Å²) in [6, 6.07) is 12.6. The van der Waals surface area contributed by atoms with E-state index in [-0.39, 0.29) is 11.9 Å². The second-order valence-corrected chi connectivity index (χ2v) is 6.86. The Morgan fingerprint density at radius 3 is 2.54 bits per heavy atom. The molecule has 2 aromatic rings. The number of carbonyl (C=O) groups is 1. The molecule has 4 heteroatoms. The predicted octanol–water partition coefficient (Wildman–Crippen LogP) is 2.77. The van der Waals surface area contributed by atoms with Gasteiger partial charge in [0.05, 0.1) is 11.3 Å². The third kappa shape index (κ3) is 3.65. The van der Waals surface area contributed by atoms with Crippen LogP contribution in [0.5, 0.6) is 0 Å². The molecule has 126 valence electrons. The van der Waals surface area contributed by atoms with Crippen LogP contribution < -0.4 is 0 Å². The second kappa shape index (κ2) is 7.14. The predicted molar refractivity (Wildman–Crippen MR) is 96.0 cm³/mol. The summed E-state index contributed by atoms with van der Waals surface area (Å²) in [7, 11) is 5.93. The van der Waals surface area contributed by atoms with Gasteiger partial charge in [-0.05, 0) is 56.6 Å². The zero-order valence-electron chi connectivity index (χ0n) is 14.7. The first-order chi connectivity index (χ1) is 11.5. The van der Waals surface area contributed by atoms with Crippen molar-refractivity contribution in [2.75, 3.05) is 21.1 Å². The van der Waals surface area contributed by atoms with Crippen LogP contribution in [0, 0.1) is 0 Å². The van der Waals surface area contributed by atoms with Gasteiger partial charge in [0.2, 0.25) is 0 Å². The summed E-state index contributed by atoms with van der Waals surface area (Å²) in [5.41, 5.74) is 4.43. The lowest BCUT2D eigenvalue weighted by molar-refractivity contribution is 0.0718. The fourth-order valence-electron chi connectivity index (χ4n) is 3.35. The second-order valence-electron chi connectivity index (χ2n) is 6.86. The third-order valence-corrected chi connectivity index (χ3v) is 4.74. The van der Waals surface area contributed by atoms with Gasteiger partial charge in [0.1, 0.15) is 0 Å². The number of fused-ring (bicyclic) bond motifs is 1. The van der Waals surface area contributed by atoms with Crippen molar-refractivity contribution in [1.82, 2.24) is 14.8 Å². The van der Waals surface area contributed by atoms with Crippen LogP contribution in [0.15, 0.2) is 42.6 Å². The average Bonchev–Trinajstić information content (AvgIpc) is 2.60. The molecule has 0 N–H and O–H groups in total. The molecule has 3 rings (SSSR count). The molecule has 1 aliphatic carbocycles. The molecule has 0 aliphatic heterocycles. The van der Waals surface area contributed by atoms with Crippen LogP contribution in [-0.4, -0.2) is 47.9 Å². The molecule has 24 heavy (non-hydrogen) atoms. The Bertz CT molecular complexity index is 709. The lowest BCUT2D eigenvalue weighted by Crippen LogP contribution is -2.40. The van der Waals surface area contributed by atoms with Crippen molar-refractivity contribution in [2.24, 2.45) is 0 Å². The standard InChI is InChI=1S/C20H25N3O/c1-22(2)14-18-10-8-17(13-21-18)20(24)23(3)19-11-9-15-6-4-5-7-16(15)12-19/h4-8,10,13,19H,9,11-12,14H2,1-3H3. The van der Waals surface area contributed by atoms with Crippen molar-refractivity contribution in [1.29, 1.82) is 0 Å². The minimum atomic E-state index is 0.0586. The highest BCUT2D eigenvalue weighted by molar-refractivity contribution is 5.94. The summed E-state index contributed by atoms with van der Waals surface area (Å²) in [6.45, 7) is 0.781. The molecule has 0 fully saturated rings. The van der Waals surface area contributed by atoms with E-state index in [4.69, 9.17) is 0 Å². The van der Waals surface area contributed by atoms with E-state index >= 15 is 0 Å². The first-order valence-corrected chi connectivity index (χ1v) is 8.48. The lowest BCUT2D eigenvalue weighted by Gasteiger charge is -2.32. The number of nitrogens with zero attached hydrogens (tertiary/aromatic N) is 3. The van der Waals surface area contributed by atoms with E-state index in [9.17, 15) is 4.79 Å². The summed E-state index contributed by atoms with van der Waals surface area (Å²) in [4.78, 5) is 21.1. The molecule has 0 saturated heterocycles. The number of aromatic nitrogens is 1. The highest BCUT2D eigenvalue weighted by atomic mass is 16.2. The first-order valence-electron chi connectivity index (χ1n) is 8.48. The number of benzene rings is 1. The normalized spacial score (nSPS) is 16.8. The van der Waals surface area contributed by atoms with E-state index in [0.717, 1.165) is 31.5 Å². The number of carbonyl (C=O) groups excluding carboxylic acids is 1. The Hall–Kier alpha value is -2.20. The monoisotopic (exact) mass is 323 g/mol. The maximum absolute atomic E-state index is 12.8. The molecular formula is C20H25N3O. The molecule has 1 heterocycles. The van der Waals surface area contributed by atoms with Gasteiger partial charge in [-0.1, -0.05) is 24.3 Å². The number of likely N-dealkylation sites (N-methyl/N-ethyl adjacent to an activating group) is 1. The summed E-state index contributed by atoms with van der Waals surface area (Å²) < 4.78 is 0. The van der Waals surface area contributed by atoms with Gasteiger partial charge in [-0.3, -0.25) is 9.78 Å². The van der Waals surface area contributed by atoms with Crippen molar-refractivity contribution < 1.29 is 4.79 Å². The van der Waals surface area contributed by atoms with Crippen molar-refractivity contribution in [3.05, 3.63) is 65.0 Å². The van der Waals surface area contributed by atoms with E-state index in [1.165, 1.54) is 11.1 Å². The molecule has 1 amide bonds. The fraction of sp³-hybridized carbons (Fsp3) is 0.400. The molecule has 1 aromatic heterocycles. The molecule has 0 bridgehead atoms. The van der Waals surface area contributed by atoms with Crippen molar-refractivity contribution in [3.8, 4) is 0 Å². The minimum absolute atomic E-state index is 0.0586. The van der Waals surface area contributed by atoms with E-state index in [2.05, 4.69) is 34.1 Å². The van der Waals surface area contributed by atoms with Crippen molar-refractivity contribution in [3.63, 3.8) is 0 Å². The van der Waals surface area contributed by atoms with Crippen LogP contribution in [0.25, 0.3) is 0 Å². The Morgan fingerprint density at radius 2 is 1.88 bits per heavy atom. The number of rotatable bonds is 4. The van der Waals surface area contributed by atoms with E-state index in [1.54, 1.807) is 6.20 Å². The number of hydrogen-bond donors (Lipinski definition) is 0. The molecule has 1 atom stereocenters. The molecule has 1 unspecified atom stereocenters. The molecular weight excluding hydrogens is 298 g/mol. The summed E-state index contributed by atoms with van der Waals surface area (Å²) in [5, 5.41) is 0. The average molecular weight is 323 g/mol. The zero-order valence-corrected chi connectivity index (χ0v) is 14.7. The number of hydrogen-bond acceptors (Lipinski definition) is 3. The highest BCUT2D eigenvalue weighted by Crippen LogP contribution is 2.24. The Morgan fingerprint density at radius 1 is 1.12 bits per heavy atom. The van der Waals surface area contributed by atoms with Crippen LogP contribution in [0.1, 0.15) is 33.6 Å².